The van der Waals surface area contributed by atoms with Crippen molar-refractivity contribution in [3.63, 3.8) is 0 Å². The summed E-state index contributed by atoms with van der Waals surface area (Å²) in [4.78, 5) is 16.0. The molecule has 0 saturated carbocycles. The van der Waals surface area contributed by atoms with Gasteiger partial charge in [-0.25, -0.2) is 9.78 Å². The van der Waals surface area contributed by atoms with Crippen molar-refractivity contribution in [2.75, 3.05) is 0 Å². The maximum atomic E-state index is 11.6. The highest BCUT2D eigenvalue weighted by molar-refractivity contribution is 6.04. The summed E-state index contributed by atoms with van der Waals surface area (Å²) in [6.07, 6.45) is 3.27. The van der Waals surface area contributed by atoms with E-state index in [4.69, 9.17) is 4.52 Å². The minimum Gasteiger partial charge on any atom is -0.478 e. The Morgan fingerprint density at radius 1 is 1.42 bits per heavy atom. The number of aromatic nitrogens is 2. The number of carbonyl (C=O) groups is 1. The van der Waals surface area contributed by atoms with Gasteiger partial charge in [0.05, 0.1) is 16.6 Å². The second kappa shape index (κ2) is 4.33. The van der Waals surface area contributed by atoms with E-state index in [1.807, 2.05) is 0 Å². The van der Waals surface area contributed by atoms with Crippen LogP contribution >= 0.6 is 0 Å². The SMILES string of the molecule is CC(C)Cc1noc2nc3c(c(C(=O)O)c12)CCC3. The molecule has 2 heterocycles. The lowest BCUT2D eigenvalue weighted by molar-refractivity contribution is 0.0697. The van der Waals surface area contributed by atoms with Gasteiger partial charge in [-0.1, -0.05) is 19.0 Å². The van der Waals surface area contributed by atoms with Crippen LogP contribution in [0.5, 0.6) is 0 Å². The summed E-state index contributed by atoms with van der Waals surface area (Å²) in [7, 11) is 0. The maximum absolute atomic E-state index is 11.6. The number of pyridine rings is 1. The summed E-state index contributed by atoms with van der Waals surface area (Å²) in [5.41, 5.74) is 3.16. The van der Waals surface area contributed by atoms with Crippen LogP contribution < -0.4 is 0 Å². The van der Waals surface area contributed by atoms with Gasteiger partial charge in [-0.15, -0.1) is 0 Å². The third-order valence-corrected chi connectivity index (χ3v) is 3.54. The van der Waals surface area contributed by atoms with Gasteiger partial charge in [-0.05, 0) is 37.2 Å². The summed E-state index contributed by atoms with van der Waals surface area (Å²) in [5, 5.41) is 14.1. The van der Waals surface area contributed by atoms with E-state index in [1.54, 1.807) is 0 Å². The molecule has 3 rings (SSSR count). The lowest BCUT2D eigenvalue weighted by Crippen LogP contribution is -2.06. The van der Waals surface area contributed by atoms with E-state index in [-0.39, 0.29) is 0 Å². The Morgan fingerprint density at radius 3 is 2.89 bits per heavy atom. The first kappa shape index (κ1) is 12.1. The van der Waals surface area contributed by atoms with E-state index in [9.17, 15) is 9.90 Å². The quantitative estimate of drug-likeness (QED) is 0.917. The van der Waals surface area contributed by atoms with Crippen LogP contribution in [0.3, 0.4) is 0 Å². The summed E-state index contributed by atoms with van der Waals surface area (Å²) >= 11 is 0. The fraction of sp³-hybridized carbons (Fsp3) is 0.500. The van der Waals surface area contributed by atoms with Crippen LogP contribution in [0.25, 0.3) is 11.1 Å². The number of aromatic carboxylic acids is 1. The average molecular weight is 260 g/mol. The van der Waals surface area contributed by atoms with Crippen molar-refractivity contribution < 1.29 is 14.4 Å². The summed E-state index contributed by atoms with van der Waals surface area (Å²) in [6.45, 7) is 4.14. The normalized spacial score (nSPS) is 14.3. The van der Waals surface area contributed by atoms with Crippen molar-refractivity contribution in [1.29, 1.82) is 0 Å². The predicted octanol–water partition coefficient (Wildman–Crippen LogP) is 2.61. The molecule has 1 aliphatic rings. The van der Waals surface area contributed by atoms with E-state index in [0.29, 0.717) is 34.7 Å². The molecule has 0 saturated heterocycles. The molecular weight excluding hydrogens is 244 g/mol. The standard InChI is InChI=1S/C14H16N2O3/c1-7(2)6-10-12-11(14(17)18)8-4-3-5-9(8)15-13(12)19-16-10/h7H,3-6H2,1-2H3,(H,17,18). The van der Waals surface area contributed by atoms with Crippen molar-refractivity contribution in [2.24, 2.45) is 5.92 Å². The number of hydrogen-bond acceptors (Lipinski definition) is 4. The fourth-order valence-corrected chi connectivity index (χ4v) is 2.80. The molecule has 0 aromatic carbocycles. The lowest BCUT2D eigenvalue weighted by atomic mass is 9.99. The highest BCUT2D eigenvalue weighted by Crippen LogP contribution is 2.32. The minimum atomic E-state index is -0.904. The van der Waals surface area contributed by atoms with Crippen LogP contribution in [0.15, 0.2) is 4.52 Å². The van der Waals surface area contributed by atoms with Crippen molar-refractivity contribution >= 4 is 17.1 Å². The summed E-state index contributed by atoms with van der Waals surface area (Å²) in [5.74, 6) is -0.512. The molecule has 0 radical (unpaired) electrons. The largest absolute Gasteiger partial charge is 0.478 e. The van der Waals surface area contributed by atoms with Crippen molar-refractivity contribution in [2.45, 2.75) is 39.5 Å². The highest BCUT2D eigenvalue weighted by atomic mass is 16.5. The van der Waals surface area contributed by atoms with E-state index >= 15 is 0 Å². The van der Waals surface area contributed by atoms with Gasteiger partial charge < -0.3 is 9.63 Å². The Labute approximate surface area is 110 Å². The van der Waals surface area contributed by atoms with Gasteiger partial charge in [-0.2, -0.15) is 0 Å². The molecule has 0 fully saturated rings. The third-order valence-electron chi connectivity index (χ3n) is 3.54. The molecule has 5 heteroatoms. The molecule has 5 nitrogen and oxygen atoms in total. The van der Waals surface area contributed by atoms with E-state index in [0.717, 1.165) is 30.5 Å². The van der Waals surface area contributed by atoms with E-state index in [2.05, 4.69) is 24.0 Å². The molecule has 0 atom stereocenters. The smallest absolute Gasteiger partial charge is 0.336 e. The topological polar surface area (TPSA) is 76.2 Å². The Hall–Kier alpha value is -1.91. The van der Waals surface area contributed by atoms with E-state index < -0.39 is 5.97 Å². The maximum Gasteiger partial charge on any atom is 0.336 e. The van der Waals surface area contributed by atoms with Gasteiger partial charge in [0.15, 0.2) is 0 Å². The first-order valence-corrected chi connectivity index (χ1v) is 6.61. The number of fused-ring (bicyclic) bond motifs is 2. The summed E-state index contributed by atoms with van der Waals surface area (Å²) in [6, 6.07) is 0. The number of nitrogens with zero attached hydrogens (tertiary/aromatic N) is 2. The molecule has 0 spiro atoms. The van der Waals surface area contributed by atoms with Gasteiger partial charge in [0, 0.05) is 5.69 Å². The zero-order chi connectivity index (χ0) is 13.6. The average Bonchev–Trinajstić information content (AvgIpc) is 2.92. The molecular formula is C14H16N2O3. The van der Waals surface area contributed by atoms with Gasteiger partial charge >= 0.3 is 5.97 Å². The van der Waals surface area contributed by atoms with Gasteiger partial charge in [0.1, 0.15) is 0 Å². The van der Waals surface area contributed by atoms with Crippen LogP contribution in [-0.2, 0) is 19.3 Å². The van der Waals surface area contributed by atoms with Crippen LogP contribution in [0.1, 0.15) is 47.6 Å². The predicted molar refractivity (Wildman–Crippen MR) is 69.3 cm³/mol. The number of hydrogen-bond donors (Lipinski definition) is 1. The molecule has 0 bridgehead atoms. The third kappa shape index (κ3) is 1.89. The van der Waals surface area contributed by atoms with Gasteiger partial charge in [-0.3, -0.25) is 0 Å². The number of rotatable bonds is 3. The molecule has 2 aromatic heterocycles. The highest BCUT2D eigenvalue weighted by Gasteiger charge is 2.27. The zero-order valence-corrected chi connectivity index (χ0v) is 11.1. The molecule has 19 heavy (non-hydrogen) atoms. The Balaban J connectivity index is 2.30. The van der Waals surface area contributed by atoms with Crippen molar-refractivity contribution in [1.82, 2.24) is 10.1 Å². The first-order chi connectivity index (χ1) is 9.08. The molecule has 2 aromatic rings. The second-order valence-corrected chi connectivity index (χ2v) is 5.48. The summed E-state index contributed by atoms with van der Waals surface area (Å²) < 4.78 is 5.24. The monoisotopic (exact) mass is 260 g/mol. The fourth-order valence-electron chi connectivity index (χ4n) is 2.80. The second-order valence-electron chi connectivity index (χ2n) is 5.48. The van der Waals surface area contributed by atoms with Gasteiger partial charge in [0.25, 0.3) is 5.71 Å². The van der Waals surface area contributed by atoms with Crippen LogP contribution in [0.2, 0.25) is 0 Å². The molecule has 0 aliphatic heterocycles. The van der Waals surface area contributed by atoms with Crippen LogP contribution in [0.4, 0.5) is 0 Å². The first-order valence-electron chi connectivity index (χ1n) is 6.61. The molecule has 0 unspecified atom stereocenters. The minimum absolute atomic E-state index is 0.356. The molecule has 100 valence electrons. The molecule has 1 aliphatic carbocycles. The van der Waals surface area contributed by atoms with Crippen molar-refractivity contribution in [3.8, 4) is 0 Å². The van der Waals surface area contributed by atoms with Gasteiger partial charge in [0.2, 0.25) is 0 Å². The lowest BCUT2D eigenvalue weighted by Gasteiger charge is -2.06. The van der Waals surface area contributed by atoms with Crippen LogP contribution in [-0.4, -0.2) is 21.2 Å². The Morgan fingerprint density at radius 2 is 2.21 bits per heavy atom. The number of aryl methyl sites for hydroxylation is 1. The number of carboxylic acid groups (broad SMARTS) is 1. The Bertz CT molecular complexity index is 658. The van der Waals surface area contributed by atoms with E-state index in [1.165, 1.54) is 0 Å². The molecule has 0 amide bonds. The van der Waals surface area contributed by atoms with Crippen molar-refractivity contribution in [3.05, 3.63) is 22.5 Å². The Kier molecular flexibility index (Phi) is 2.77. The van der Waals surface area contributed by atoms with Crippen LogP contribution in [0, 0.1) is 5.92 Å². The zero-order valence-electron chi connectivity index (χ0n) is 11.1. The molecule has 1 N–H and O–H groups in total. The number of carboxylic acids is 1.